The van der Waals surface area contributed by atoms with Gasteiger partial charge in [-0.1, -0.05) is 26.7 Å². The molecule has 1 fully saturated rings. The molecule has 0 bridgehead atoms. The van der Waals surface area contributed by atoms with Gasteiger partial charge in [0.05, 0.1) is 0 Å². The maximum absolute atomic E-state index is 11.7. The minimum absolute atomic E-state index is 0.0594. The van der Waals surface area contributed by atoms with Crippen LogP contribution in [0.5, 0.6) is 0 Å². The standard InChI is InChI=1S/C15H24O4/c1-4-15(5-2)8-6-12(7-9-15)19-14(18)11(3)10-13(16)17/h10,12H,4-9H2,1-3H3,(H,16,17)/b11-10-. The van der Waals surface area contributed by atoms with Crippen LogP contribution in [0.3, 0.4) is 0 Å². The van der Waals surface area contributed by atoms with E-state index in [1.54, 1.807) is 0 Å². The summed E-state index contributed by atoms with van der Waals surface area (Å²) in [5.41, 5.74) is 0.560. The molecule has 1 aliphatic rings. The van der Waals surface area contributed by atoms with Crippen molar-refractivity contribution < 1.29 is 19.4 Å². The summed E-state index contributed by atoms with van der Waals surface area (Å²) in [6, 6.07) is 0. The maximum atomic E-state index is 11.7. The molecule has 0 aliphatic heterocycles. The van der Waals surface area contributed by atoms with Crippen molar-refractivity contribution in [3.63, 3.8) is 0 Å². The lowest BCUT2D eigenvalue weighted by atomic mass is 9.70. The third-order valence-corrected chi connectivity index (χ3v) is 4.43. The predicted molar refractivity (Wildman–Crippen MR) is 72.8 cm³/mol. The summed E-state index contributed by atoms with van der Waals surface area (Å²) in [5.74, 6) is -1.62. The second-order valence-electron chi connectivity index (χ2n) is 5.48. The second-order valence-corrected chi connectivity index (χ2v) is 5.48. The molecule has 0 spiro atoms. The van der Waals surface area contributed by atoms with E-state index in [-0.39, 0.29) is 11.7 Å². The van der Waals surface area contributed by atoms with Crippen molar-refractivity contribution in [2.75, 3.05) is 0 Å². The van der Waals surface area contributed by atoms with Crippen molar-refractivity contribution in [3.8, 4) is 0 Å². The predicted octanol–water partition coefficient (Wildman–Crippen LogP) is 3.31. The Morgan fingerprint density at radius 1 is 1.26 bits per heavy atom. The number of carboxylic acids is 1. The Bertz CT molecular complexity index is 356. The zero-order valence-electron chi connectivity index (χ0n) is 12.1. The molecule has 1 N–H and O–H groups in total. The van der Waals surface area contributed by atoms with Crippen molar-refractivity contribution in [2.45, 2.75) is 65.4 Å². The van der Waals surface area contributed by atoms with Crippen LogP contribution >= 0.6 is 0 Å². The third kappa shape index (κ3) is 4.37. The van der Waals surface area contributed by atoms with Gasteiger partial charge in [-0.05, 0) is 38.0 Å². The van der Waals surface area contributed by atoms with Gasteiger partial charge in [-0.25, -0.2) is 9.59 Å². The summed E-state index contributed by atoms with van der Waals surface area (Å²) in [5, 5.41) is 8.59. The normalized spacial score (nSPS) is 20.1. The molecule has 0 aromatic rings. The Balaban J connectivity index is 2.49. The highest BCUT2D eigenvalue weighted by atomic mass is 16.5. The molecule has 0 heterocycles. The Morgan fingerprint density at radius 2 is 1.79 bits per heavy atom. The number of carboxylic acid groups (broad SMARTS) is 1. The summed E-state index contributed by atoms with van der Waals surface area (Å²) in [6.07, 6.45) is 7.11. The number of carbonyl (C=O) groups is 2. The van der Waals surface area contributed by atoms with Crippen LogP contribution in [0, 0.1) is 5.41 Å². The maximum Gasteiger partial charge on any atom is 0.334 e. The van der Waals surface area contributed by atoms with Gasteiger partial charge >= 0.3 is 11.9 Å². The molecule has 0 aromatic carbocycles. The van der Waals surface area contributed by atoms with Crippen LogP contribution in [0.25, 0.3) is 0 Å². The Hall–Kier alpha value is -1.32. The molecule has 0 amide bonds. The van der Waals surface area contributed by atoms with E-state index in [0.29, 0.717) is 5.41 Å². The fourth-order valence-electron chi connectivity index (χ4n) is 2.77. The SMILES string of the molecule is CCC1(CC)CCC(OC(=O)/C(C)=C\C(=O)O)CC1. The van der Waals surface area contributed by atoms with Crippen LogP contribution in [0.15, 0.2) is 11.6 Å². The zero-order valence-corrected chi connectivity index (χ0v) is 12.1. The molecule has 1 aliphatic carbocycles. The third-order valence-electron chi connectivity index (χ3n) is 4.43. The van der Waals surface area contributed by atoms with Gasteiger partial charge in [0, 0.05) is 11.6 Å². The molecule has 108 valence electrons. The van der Waals surface area contributed by atoms with E-state index in [1.807, 2.05) is 0 Å². The molecule has 0 radical (unpaired) electrons. The van der Waals surface area contributed by atoms with E-state index in [9.17, 15) is 9.59 Å². The van der Waals surface area contributed by atoms with Gasteiger partial charge in [-0.3, -0.25) is 0 Å². The number of hydrogen-bond acceptors (Lipinski definition) is 3. The topological polar surface area (TPSA) is 63.6 Å². The molecule has 0 aromatic heterocycles. The highest BCUT2D eigenvalue weighted by Gasteiger charge is 2.33. The molecule has 4 heteroatoms. The number of hydrogen-bond donors (Lipinski definition) is 1. The lowest BCUT2D eigenvalue weighted by Crippen LogP contribution is -2.31. The summed E-state index contributed by atoms with van der Waals surface area (Å²) in [4.78, 5) is 22.2. The van der Waals surface area contributed by atoms with Crippen molar-refractivity contribution >= 4 is 11.9 Å². The second kappa shape index (κ2) is 6.73. The average Bonchev–Trinajstić information content (AvgIpc) is 2.39. The van der Waals surface area contributed by atoms with E-state index in [4.69, 9.17) is 9.84 Å². The lowest BCUT2D eigenvalue weighted by Gasteiger charge is -2.38. The van der Waals surface area contributed by atoms with Gasteiger partial charge in [-0.15, -0.1) is 0 Å². The first-order valence-corrected chi connectivity index (χ1v) is 7.04. The average molecular weight is 268 g/mol. The van der Waals surface area contributed by atoms with Crippen LogP contribution < -0.4 is 0 Å². The molecule has 0 unspecified atom stereocenters. The highest BCUT2D eigenvalue weighted by molar-refractivity contribution is 5.95. The number of aliphatic carboxylic acids is 1. The van der Waals surface area contributed by atoms with Crippen molar-refractivity contribution in [2.24, 2.45) is 5.41 Å². The fraction of sp³-hybridized carbons (Fsp3) is 0.733. The smallest absolute Gasteiger partial charge is 0.334 e. The van der Waals surface area contributed by atoms with Gasteiger partial charge in [-0.2, -0.15) is 0 Å². The minimum atomic E-state index is -1.12. The molecule has 1 rings (SSSR count). The Labute approximate surface area is 114 Å². The minimum Gasteiger partial charge on any atom is -0.478 e. The van der Waals surface area contributed by atoms with E-state index in [1.165, 1.54) is 19.8 Å². The molecular weight excluding hydrogens is 244 g/mol. The van der Waals surface area contributed by atoms with Crippen molar-refractivity contribution in [1.29, 1.82) is 0 Å². The summed E-state index contributed by atoms with van der Waals surface area (Å²) < 4.78 is 5.37. The number of esters is 1. The first-order valence-electron chi connectivity index (χ1n) is 7.04. The van der Waals surface area contributed by atoms with Crippen LogP contribution in [0.2, 0.25) is 0 Å². The molecule has 0 atom stereocenters. The first kappa shape index (κ1) is 15.7. The molecule has 4 nitrogen and oxygen atoms in total. The monoisotopic (exact) mass is 268 g/mol. The van der Waals surface area contributed by atoms with Crippen LogP contribution in [0.1, 0.15) is 59.3 Å². The zero-order chi connectivity index (χ0) is 14.5. The molecular formula is C15H24O4. The summed E-state index contributed by atoms with van der Waals surface area (Å²) >= 11 is 0. The number of rotatable bonds is 5. The van der Waals surface area contributed by atoms with Crippen molar-refractivity contribution in [3.05, 3.63) is 11.6 Å². The quantitative estimate of drug-likeness (QED) is 0.613. The van der Waals surface area contributed by atoms with E-state index < -0.39 is 11.9 Å². The van der Waals surface area contributed by atoms with Crippen LogP contribution in [0.4, 0.5) is 0 Å². The molecule has 1 saturated carbocycles. The van der Waals surface area contributed by atoms with E-state index in [2.05, 4.69) is 13.8 Å². The van der Waals surface area contributed by atoms with E-state index >= 15 is 0 Å². The largest absolute Gasteiger partial charge is 0.478 e. The van der Waals surface area contributed by atoms with E-state index in [0.717, 1.165) is 31.8 Å². The Morgan fingerprint density at radius 3 is 2.21 bits per heavy atom. The van der Waals surface area contributed by atoms with Gasteiger partial charge < -0.3 is 9.84 Å². The van der Waals surface area contributed by atoms with Crippen molar-refractivity contribution in [1.82, 2.24) is 0 Å². The number of carbonyl (C=O) groups excluding carboxylic acids is 1. The van der Waals surface area contributed by atoms with Gasteiger partial charge in [0.15, 0.2) is 0 Å². The van der Waals surface area contributed by atoms with Crippen LogP contribution in [-0.4, -0.2) is 23.1 Å². The first-order chi connectivity index (χ1) is 8.92. The van der Waals surface area contributed by atoms with Gasteiger partial charge in [0.1, 0.15) is 6.10 Å². The van der Waals surface area contributed by atoms with Crippen LogP contribution in [-0.2, 0) is 14.3 Å². The summed E-state index contributed by atoms with van der Waals surface area (Å²) in [6.45, 7) is 5.91. The fourth-order valence-corrected chi connectivity index (χ4v) is 2.77. The highest BCUT2D eigenvalue weighted by Crippen LogP contribution is 2.42. The van der Waals surface area contributed by atoms with Gasteiger partial charge in [0.25, 0.3) is 0 Å². The summed E-state index contributed by atoms with van der Waals surface area (Å²) in [7, 11) is 0. The number of ether oxygens (including phenoxy) is 1. The molecule has 19 heavy (non-hydrogen) atoms. The Kier molecular flexibility index (Phi) is 5.58. The molecule has 0 saturated heterocycles. The van der Waals surface area contributed by atoms with Gasteiger partial charge in [0.2, 0.25) is 0 Å². The lowest BCUT2D eigenvalue weighted by molar-refractivity contribution is -0.147.